The molecule has 0 bridgehead atoms. The molecule has 5 rings (SSSR count). The van der Waals surface area contributed by atoms with Crippen LogP contribution >= 0.6 is 0 Å². The Bertz CT molecular complexity index is 887. The highest BCUT2D eigenvalue weighted by atomic mass is 16.4. The Balaban J connectivity index is 1.60. The molecule has 0 aromatic carbocycles. The quantitative estimate of drug-likeness (QED) is 0.475. The van der Waals surface area contributed by atoms with Crippen LogP contribution in [-0.4, -0.2) is 16.9 Å². The molecule has 1 N–H and O–H groups in total. The highest BCUT2D eigenvalue weighted by molar-refractivity contribution is 5.88. The molecule has 5 aliphatic carbocycles. The molecule has 3 nitrogen and oxygen atoms in total. The second-order valence-electron chi connectivity index (χ2n) is 14.0. The van der Waals surface area contributed by atoms with Crippen LogP contribution in [0.3, 0.4) is 0 Å². The fourth-order valence-electron chi connectivity index (χ4n) is 11.1. The SMILES string of the molecule is C=C(C)[C@@H]1CC[C@]2(C(=O)O)CC[C@]3(C)[C@H](CC[C@@H]4[C@@]5(C)C(=O)CC(C)(C)[C@@H]5CC[C@]43C)[C@@H]12. The van der Waals surface area contributed by atoms with E-state index in [4.69, 9.17) is 0 Å². The summed E-state index contributed by atoms with van der Waals surface area (Å²) in [4.78, 5) is 26.3. The van der Waals surface area contributed by atoms with Crippen molar-refractivity contribution < 1.29 is 14.7 Å². The first-order valence-corrected chi connectivity index (χ1v) is 13.2. The van der Waals surface area contributed by atoms with E-state index in [0.717, 1.165) is 51.4 Å². The highest BCUT2D eigenvalue weighted by Crippen LogP contribution is 2.77. The lowest BCUT2D eigenvalue weighted by molar-refractivity contribution is -0.219. The smallest absolute Gasteiger partial charge is 0.309 e. The standard InChI is InChI=1S/C29H44O3/c1-17(2)18-10-13-29(24(31)32)15-14-26(5)19(23(18)29)8-9-21-27(26,6)12-11-20-25(3,4)16-22(30)28(20,21)7/h18-21,23H,1,8-16H2,2-7H3,(H,31,32)/t18-,19+,20-,21-,23+,26+,27+,28-,29-/m0/s1. The van der Waals surface area contributed by atoms with Gasteiger partial charge < -0.3 is 5.11 Å². The summed E-state index contributed by atoms with van der Waals surface area (Å²) >= 11 is 0. The third-order valence-corrected chi connectivity index (χ3v) is 12.8. The third-order valence-electron chi connectivity index (χ3n) is 12.8. The maximum Gasteiger partial charge on any atom is 0.309 e. The fourth-order valence-corrected chi connectivity index (χ4v) is 11.1. The zero-order valence-electron chi connectivity index (χ0n) is 21.2. The van der Waals surface area contributed by atoms with Crippen molar-refractivity contribution >= 4 is 11.8 Å². The van der Waals surface area contributed by atoms with Gasteiger partial charge in [0.25, 0.3) is 0 Å². The van der Waals surface area contributed by atoms with Gasteiger partial charge in [0.1, 0.15) is 5.78 Å². The molecule has 0 aromatic rings. The first-order chi connectivity index (χ1) is 14.8. The summed E-state index contributed by atoms with van der Waals surface area (Å²) in [6.07, 6.45) is 8.80. The molecule has 0 radical (unpaired) electrons. The number of carbonyl (C=O) groups excluding carboxylic acids is 1. The maximum absolute atomic E-state index is 13.6. The normalized spacial score (nSPS) is 53.7. The van der Waals surface area contributed by atoms with Crippen molar-refractivity contribution in [2.75, 3.05) is 0 Å². The van der Waals surface area contributed by atoms with Crippen LogP contribution in [-0.2, 0) is 9.59 Å². The Morgan fingerprint density at radius 1 is 0.906 bits per heavy atom. The van der Waals surface area contributed by atoms with Crippen LogP contribution in [0.2, 0.25) is 0 Å². The van der Waals surface area contributed by atoms with Crippen LogP contribution in [0.4, 0.5) is 0 Å². The van der Waals surface area contributed by atoms with Crippen LogP contribution in [0.5, 0.6) is 0 Å². The molecule has 0 heterocycles. The molecule has 3 heteroatoms. The first kappa shape index (κ1) is 22.7. The van der Waals surface area contributed by atoms with E-state index in [2.05, 4.69) is 48.1 Å². The molecule has 0 amide bonds. The van der Waals surface area contributed by atoms with E-state index in [1.807, 2.05) is 0 Å². The summed E-state index contributed by atoms with van der Waals surface area (Å²) in [6, 6.07) is 0. The minimum Gasteiger partial charge on any atom is -0.481 e. The van der Waals surface area contributed by atoms with Gasteiger partial charge in [-0.2, -0.15) is 0 Å². The molecule has 0 aliphatic heterocycles. The molecule has 5 aliphatic rings. The van der Waals surface area contributed by atoms with E-state index >= 15 is 0 Å². The summed E-state index contributed by atoms with van der Waals surface area (Å²) in [5, 5.41) is 10.5. The molecule has 0 spiro atoms. The number of aliphatic carboxylic acids is 1. The molecular weight excluding hydrogens is 396 g/mol. The summed E-state index contributed by atoms with van der Waals surface area (Å²) in [5.41, 5.74) is 0.700. The highest BCUT2D eigenvalue weighted by Gasteiger charge is 2.73. The van der Waals surface area contributed by atoms with Crippen LogP contribution in [0.1, 0.15) is 99.3 Å². The third kappa shape index (κ3) is 2.39. The Hall–Kier alpha value is -1.12. The number of carboxylic acid groups (broad SMARTS) is 1. The number of carboxylic acids is 1. The van der Waals surface area contributed by atoms with Gasteiger partial charge in [0.05, 0.1) is 5.41 Å². The predicted molar refractivity (Wildman–Crippen MR) is 127 cm³/mol. The van der Waals surface area contributed by atoms with Gasteiger partial charge in [-0.05, 0) is 104 Å². The number of hydrogen-bond acceptors (Lipinski definition) is 2. The monoisotopic (exact) mass is 440 g/mol. The number of allylic oxidation sites excluding steroid dienone is 1. The zero-order valence-corrected chi connectivity index (χ0v) is 21.2. The number of Topliss-reactive ketones (excluding diaryl/α,β-unsaturated/α-hetero) is 1. The molecule has 5 saturated carbocycles. The molecule has 9 atom stereocenters. The van der Waals surface area contributed by atoms with E-state index in [-0.39, 0.29) is 27.6 Å². The number of rotatable bonds is 2. The number of carbonyl (C=O) groups is 2. The Morgan fingerprint density at radius 3 is 2.22 bits per heavy atom. The second-order valence-corrected chi connectivity index (χ2v) is 14.0. The van der Waals surface area contributed by atoms with Crippen molar-refractivity contribution in [3.05, 3.63) is 12.2 Å². The van der Waals surface area contributed by atoms with E-state index in [9.17, 15) is 14.7 Å². The summed E-state index contributed by atoms with van der Waals surface area (Å²) < 4.78 is 0. The topological polar surface area (TPSA) is 54.4 Å². The molecule has 0 aromatic heterocycles. The van der Waals surface area contributed by atoms with E-state index in [1.165, 1.54) is 12.0 Å². The van der Waals surface area contributed by atoms with Gasteiger partial charge in [0.15, 0.2) is 0 Å². The van der Waals surface area contributed by atoms with Crippen molar-refractivity contribution in [2.45, 2.75) is 99.3 Å². The summed E-state index contributed by atoms with van der Waals surface area (Å²) in [5.74, 6) is 1.79. The van der Waals surface area contributed by atoms with Crippen LogP contribution in [0, 0.1) is 56.7 Å². The molecule has 178 valence electrons. The fraction of sp³-hybridized carbons (Fsp3) is 0.862. The average Bonchev–Trinajstić information content (AvgIpc) is 3.16. The second kappa shape index (κ2) is 6.51. The lowest BCUT2D eigenvalue weighted by Crippen LogP contribution is -2.65. The van der Waals surface area contributed by atoms with Crippen molar-refractivity contribution in [1.82, 2.24) is 0 Å². The largest absolute Gasteiger partial charge is 0.481 e. The summed E-state index contributed by atoms with van der Waals surface area (Å²) in [7, 11) is 0. The lowest BCUT2D eigenvalue weighted by Gasteiger charge is -2.69. The number of hydrogen-bond donors (Lipinski definition) is 1. The van der Waals surface area contributed by atoms with E-state index in [1.54, 1.807) is 0 Å². The zero-order chi connectivity index (χ0) is 23.5. The van der Waals surface area contributed by atoms with Crippen LogP contribution < -0.4 is 0 Å². The van der Waals surface area contributed by atoms with E-state index < -0.39 is 11.4 Å². The Labute approximate surface area is 194 Å². The van der Waals surface area contributed by atoms with Gasteiger partial charge in [0, 0.05) is 11.8 Å². The van der Waals surface area contributed by atoms with Crippen molar-refractivity contribution in [2.24, 2.45) is 56.7 Å². The van der Waals surface area contributed by atoms with Gasteiger partial charge in [-0.1, -0.05) is 46.8 Å². The van der Waals surface area contributed by atoms with Gasteiger partial charge in [-0.3, -0.25) is 9.59 Å². The van der Waals surface area contributed by atoms with Crippen LogP contribution in [0.25, 0.3) is 0 Å². The van der Waals surface area contributed by atoms with E-state index in [0.29, 0.717) is 29.5 Å². The van der Waals surface area contributed by atoms with Crippen molar-refractivity contribution in [3.8, 4) is 0 Å². The van der Waals surface area contributed by atoms with Gasteiger partial charge in [0.2, 0.25) is 0 Å². The number of ketones is 1. The van der Waals surface area contributed by atoms with Gasteiger partial charge >= 0.3 is 5.97 Å². The minimum absolute atomic E-state index is 0.0958. The average molecular weight is 441 g/mol. The first-order valence-electron chi connectivity index (χ1n) is 13.2. The van der Waals surface area contributed by atoms with Gasteiger partial charge in [-0.25, -0.2) is 0 Å². The molecule has 32 heavy (non-hydrogen) atoms. The molecule has 5 fully saturated rings. The minimum atomic E-state index is -0.566. The summed E-state index contributed by atoms with van der Waals surface area (Å²) in [6.45, 7) is 18.4. The number of fused-ring (bicyclic) bond motifs is 7. The predicted octanol–water partition coefficient (Wildman–Crippen LogP) is 6.91. The Morgan fingerprint density at radius 2 is 1.59 bits per heavy atom. The molecular formula is C29H44O3. The maximum atomic E-state index is 13.6. The van der Waals surface area contributed by atoms with Crippen LogP contribution in [0.15, 0.2) is 12.2 Å². The molecule has 0 unspecified atom stereocenters. The Kier molecular flexibility index (Phi) is 4.61. The van der Waals surface area contributed by atoms with Crippen molar-refractivity contribution in [3.63, 3.8) is 0 Å². The van der Waals surface area contributed by atoms with Gasteiger partial charge in [-0.15, -0.1) is 0 Å². The lowest BCUT2D eigenvalue weighted by atomic mass is 9.34. The molecule has 0 saturated heterocycles. The van der Waals surface area contributed by atoms with Crippen molar-refractivity contribution in [1.29, 1.82) is 0 Å².